The van der Waals surface area contributed by atoms with Crippen LogP contribution in [0.15, 0.2) is 68.2 Å². The van der Waals surface area contributed by atoms with Crippen LogP contribution in [0.4, 0.5) is 0 Å². The molecule has 0 unspecified atom stereocenters. The van der Waals surface area contributed by atoms with Crippen LogP contribution in [-0.2, 0) is 5.75 Å². The first-order chi connectivity index (χ1) is 13.4. The van der Waals surface area contributed by atoms with Gasteiger partial charge in [0.15, 0.2) is 5.82 Å². The molecule has 27 heavy (non-hydrogen) atoms. The Labute approximate surface area is 167 Å². The molecule has 5 nitrogen and oxygen atoms in total. The summed E-state index contributed by atoms with van der Waals surface area (Å²) in [6, 6.07) is 14.1. The van der Waals surface area contributed by atoms with E-state index < -0.39 is 0 Å². The fourth-order valence-electron chi connectivity index (χ4n) is 2.63. The third kappa shape index (κ3) is 3.39. The van der Waals surface area contributed by atoms with Gasteiger partial charge >= 0.3 is 0 Å². The number of hydrogen-bond acceptors (Lipinski definition) is 8. The second kappa shape index (κ2) is 7.22. The maximum absolute atomic E-state index is 5.41. The van der Waals surface area contributed by atoms with Gasteiger partial charge in [0.05, 0.1) is 16.1 Å². The summed E-state index contributed by atoms with van der Waals surface area (Å²) in [5.74, 6) is 2.51. The van der Waals surface area contributed by atoms with Crippen molar-refractivity contribution in [3.8, 4) is 22.1 Å². The van der Waals surface area contributed by atoms with Gasteiger partial charge in [-0.2, -0.15) is 16.3 Å². The molecule has 5 aromatic rings. The number of fused-ring (bicyclic) bond motifs is 1. The van der Waals surface area contributed by atoms with E-state index in [1.165, 1.54) is 0 Å². The average Bonchev–Trinajstić information content (AvgIpc) is 3.48. The van der Waals surface area contributed by atoms with Crippen molar-refractivity contribution in [3.05, 3.63) is 64.5 Å². The summed E-state index contributed by atoms with van der Waals surface area (Å²) in [6.07, 6.45) is 0. The Morgan fingerprint density at radius 1 is 0.926 bits per heavy atom. The van der Waals surface area contributed by atoms with Crippen molar-refractivity contribution < 1.29 is 4.52 Å². The Morgan fingerprint density at radius 3 is 2.74 bits per heavy atom. The van der Waals surface area contributed by atoms with E-state index in [0.717, 1.165) is 32.2 Å². The van der Waals surface area contributed by atoms with Gasteiger partial charge in [0.25, 0.3) is 0 Å². The van der Waals surface area contributed by atoms with Crippen LogP contribution >= 0.6 is 34.4 Å². The van der Waals surface area contributed by atoms with E-state index >= 15 is 0 Å². The third-order valence-electron chi connectivity index (χ3n) is 3.89. The quantitative estimate of drug-likeness (QED) is 0.272. The van der Waals surface area contributed by atoms with E-state index in [1.807, 2.05) is 58.6 Å². The summed E-state index contributed by atoms with van der Waals surface area (Å²) in [7, 11) is 0. The molecule has 0 fully saturated rings. The Balaban J connectivity index is 1.46. The smallest absolute Gasteiger partial charge is 0.237 e. The fourth-order valence-corrected chi connectivity index (χ4v) is 4.77. The molecule has 0 radical (unpaired) electrons. The molecule has 0 aliphatic carbocycles. The number of benzene rings is 1. The number of thioether (sulfide) groups is 1. The molecular weight excluding hydrogens is 396 g/mol. The van der Waals surface area contributed by atoms with Crippen LogP contribution in [-0.4, -0.2) is 20.1 Å². The molecule has 0 saturated carbocycles. The molecule has 0 spiro atoms. The second-order valence-corrected chi connectivity index (χ2v) is 8.35. The molecule has 5 rings (SSSR count). The SMILES string of the molecule is c1csc(-c2nc(SCc3nc(-c4ccsc4)no3)c3ccccc3n2)c1. The number of para-hydroxylation sites is 1. The van der Waals surface area contributed by atoms with E-state index in [0.29, 0.717) is 17.5 Å². The van der Waals surface area contributed by atoms with Crippen molar-refractivity contribution >= 4 is 45.3 Å². The van der Waals surface area contributed by atoms with Crippen LogP contribution in [0.5, 0.6) is 0 Å². The Hall–Kier alpha value is -2.55. The van der Waals surface area contributed by atoms with Crippen molar-refractivity contribution in [2.24, 2.45) is 0 Å². The Bertz CT molecular complexity index is 1180. The molecule has 8 heteroatoms. The molecule has 0 amide bonds. The predicted molar refractivity (Wildman–Crippen MR) is 110 cm³/mol. The molecule has 0 atom stereocenters. The van der Waals surface area contributed by atoms with Crippen LogP contribution in [0.2, 0.25) is 0 Å². The lowest BCUT2D eigenvalue weighted by atomic mass is 10.2. The zero-order chi connectivity index (χ0) is 18.1. The van der Waals surface area contributed by atoms with Crippen molar-refractivity contribution in [1.82, 2.24) is 20.1 Å². The molecule has 132 valence electrons. The number of thiophene rings is 2. The highest BCUT2D eigenvalue weighted by Gasteiger charge is 2.13. The molecule has 1 aromatic carbocycles. The summed E-state index contributed by atoms with van der Waals surface area (Å²) < 4.78 is 5.41. The predicted octanol–water partition coefficient (Wildman–Crippen LogP) is 5.76. The van der Waals surface area contributed by atoms with Gasteiger partial charge in [-0.1, -0.05) is 41.2 Å². The highest BCUT2D eigenvalue weighted by molar-refractivity contribution is 7.98. The summed E-state index contributed by atoms with van der Waals surface area (Å²) in [5.41, 5.74) is 1.91. The highest BCUT2D eigenvalue weighted by Crippen LogP contribution is 2.31. The minimum atomic E-state index is 0.558. The topological polar surface area (TPSA) is 64.7 Å². The molecule has 0 bridgehead atoms. The van der Waals surface area contributed by atoms with E-state index in [4.69, 9.17) is 14.5 Å². The highest BCUT2D eigenvalue weighted by atomic mass is 32.2. The van der Waals surface area contributed by atoms with E-state index in [9.17, 15) is 0 Å². The van der Waals surface area contributed by atoms with E-state index in [2.05, 4.69) is 10.1 Å². The Morgan fingerprint density at radius 2 is 1.89 bits per heavy atom. The summed E-state index contributed by atoms with van der Waals surface area (Å²) in [6.45, 7) is 0. The van der Waals surface area contributed by atoms with Gasteiger partial charge in [0.1, 0.15) is 5.03 Å². The molecule has 0 aliphatic heterocycles. The molecule has 0 saturated heterocycles. The van der Waals surface area contributed by atoms with Crippen molar-refractivity contribution in [3.63, 3.8) is 0 Å². The normalized spacial score (nSPS) is 11.3. The van der Waals surface area contributed by atoms with Gasteiger partial charge in [-0.3, -0.25) is 0 Å². The summed E-state index contributed by atoms with van der Waals surface area (Å²) in [5, 5.41) is 12.1. The first-order valence-electron chi connectivity index (χ1n) is 8.15. The molecule has 4 heterocycles. The summed E-state index contributed by atoms with van der Waals surface area (Å²) in [4.78, 5) is 15.0. The lowest BCUT2D eigenvalue weighted by molar-refractivity contribution is 0.391. The van der Waals surface area contributed by atoms with E-state index in [1.54, 1.807) is 34.4 Å². The zero-order valence-electron chi connectivity index (χ0n) is 13.9. The first-order valence-corrected chi connectivity index (χ1v) is 11.0. The van der Waals surface area contributed by atoms with Gasteiger partial charge in [-0.15, -0.1) is 11.3 Å². The first kappa shape index (κ1) is 16.6. The zero-order valence-corrected chi connectivity index (χ0v) is 16.4. The van der Waals surface area contributed by atoms with Crippen LogP contribution < -0.4 is 0 Å². The molecular formula is C19H12N4OS3. The number of rotatable bonds is 5. The second-order valence-electron chi connectivity index (χ2n) is 5.66. The van der Waals surface area contributed by atoms with Gasteiger partial charge in [-0.25, -0.2) is 9.97 Å². The number of aromatic nitrogens is 4. The van der Waals surface area contributed by atoms with Gasteiger partial charge in [-0.05, 0) is 29.0 Å². The fraction of sp³-hybridized carbons (Fsp3) is 0.0526. The largest absolute Gasteiger partial charge is 0.338 e. The molecule has 0 N–H and O–H groups in total. The standard InChI is InChI=1S/C19H12N4OS3/c1-2-5-14-13(4-1)19(22-18(20-14)15-6-3-8-26-15)27-11-16-21-17(23-24-16)12-7-9-25-10-12/h1-10H,11H2. The van der Waals surface area contributed by atoms with Crippen LogP contribution in [0.1, 0.15) is 5.89 Å². The van der Waals surface area contributed by atoms with Crippen LogP contribution in [0.25, 0.3) is 33.0 Å². The minimum absolute atomic E-state index is 0.558. The third-order valence-corrected chi connectivity index (χ3v) is 6.41. The molecule has 0 aliphatic rings. The van der Waals surface area contributed by atoms with Crippen LogP contribution in [0, 0.1) is 0 Å². The van der Waals surface area contributed by atoms with Crippen molar-refractivity contribution in [1.29, 1.82) is 0 Å². The number of nitrogens with zero attached hydrogens (tertiary/aromatic N) is 4. The minimum Gasteiger partial charge on any atom is -0.338 e. The number of hydrogen-bond donors (Lipinski definition) is 0. The maximum Gasteiger partial charge on any atom is 0.237 e. The lowest BCUT2D eigenvalue weighted by Gasteiger charge is -2.06. The van der Waals surface area contributed by atoms with Gasteiger partial charge < -0.3 is 4.52 Å². The monoisotopic (exact) mass is 408 g/mol. The molecule has 4 aromatic heterocycles. The summed E-state index contributed by atoms with van der Waals surface area (Å²) >= 11 is 4.83. The van der Waals surface area contributed by atoms with E-state index in [-0.39, 0.29) is 0 Å². The van der Waals surface area contributed by atoms with Crippen molar-refractivity contribution in [2.75, 3.05) is 0 Å². The Kier molecular flexibility index (Phi) is 4.44. The van der Waals surface area contributed by atoms with Gasteiger partial charge in [0, 0.05) is 16.3 Å². The lowest BCUT2D eigenvalue weighted by Crippen LogP contribution is -1.93. The van der Waals surface area contributed by atoms with Crippen LogP contribution in [0.3, 0.4) is 0 Å². The van der Waals surface area contributed by atoms with Gasteiger partial charge in [0.2, 0.25) is 11.7 Å². The van der Waals surface area contributed by atoms with Crippen molar-refractivity contribution in [2.45, 2.75) is 10.8 Å². The average molecular weight is 409 g/mol. The maximum atomic E-state index is 5.41.